The fraction of sp³-hybridized carbons (Fsp3) is 0.0357. The van der Waals surface area contributed by atoms with Gasteiger partial charge in [0.2, 0.25) is 0 Å². The van der Waals surface area contributed by atoms with E-state index in [9.17, 15) is 14.9 Å². The van der Waals surface area contributed by atoms with Gasteiger partial charge >= 0.3 is 5.97 Å². The van der Waals surface area contributed by atoms with Gasteiger partial charge in [0.25, 0.3) is 5.91 Å². The quantitative estimate of drug-likeness (QED) is 0.151. The Morgan fingerprint density at radius 1 is 0.943 bits per heavy atom. The van der Waals surface area contributed by atoms with Crippen LogP contribution in [0.2, 0.25) is 5.02 Å². The van der Waals surface area contributed by atoms with Crippen molar-refractivity contribution in [3.8, 4) is 17.6 Å². The lowest BCUT2D eigenvalue weighted by molar-refractivity contribution is -0.112. The van der Waals surface area contributed by atoms with Crippen LogP contribution in [-0.2, 0) is 4.79 Å². The van der Waals surface area contributed by atoms with E-state index in [0.717, 1.165) is 10.8 Å². The van der Waals surface area contributed by atoms with Gasteiger partial charge in [0.15, 0.2) is 11.5 Å². The predicted molar refractivity (Wildman–Crippen MR) is 136 cm³/mol. The van der Waals surface area contributed by atoms with E-state index in [2.05, 4.69) is 5.32 Å². The Hall–Kier alpha value is -4.60. The van der Waals surface area contributed by atoms with Crippen LogP contribution in [0.3, 0.4) is 0 Å². The fourth-order valence-electron chi connectivity index (χ4n) is 3.47. The number of esters is 1. The summed E-state index contributed by atoms with van der Waals surface area (Å²) in [5.41, 5.74) is 1.26. The molecule has 35 heavy (non-hydrogen) atoms. The summed E-state index contributed by atoms with van der Waals surface area (Å²) in [7, 11) is 1.46. The number of carbonyl (C=O) groups excluding carboxylic acids is 2. The first-order chi connectivity index (χ1) is 17.0. The van der Waals surface area contributed by atoms with Gasteiger partial charge in [-0.05, 0) is 64.9 Å². The maximum Gasteiger partial charge on any atom is 0.344 e. The molecule has 172 valence electrons. The van der Waals surface area contributed by atoms with E-state index in [4.69, 9.17) is 21.1 Å². The molecule has 0 aromatic heterocycles. The number of amides is 1. The van der Waals surface area contributed by atoms with E-state index in [0.29, 0.717) is 27.6 Å². The van der Waals surface area contributed by atoms with Gasteiger partial charge in [0.05, 0.1) is 12.7 Å². The summed E-state index contributed by atoms with van der Waals surface area (Å²) in [5, 5.41) is 14.4. The molecule has 0 spiro atoms. The lowest BCUT2D eigenvalue weighted by Gasteiger charge is -2.11. The molecule has 0 bridgehead atoms. The molecule has 0 aliphatic carbocycles. The molecule has 4 aromatic carbocycles. The average Bonchev–Trinajstić information content (AvgIpc) is 2.88. The molecule has 6 nitrogen and oxygen atoms in total. The minimum absolute atomic E-state index is 0.128. The summed E-state index contributed by atoms with van der Waals surface area (Å²) < 4.78 is 11.0. The second-order valence-corrected chi connectivity index (χ2v) is 7.89. The number of rotatable bonds is 6. The summed E-state index contributed by atoms with van der Waals surface area (Å²) in [6, 6.07) is 26.1. The molecule has 1 amide bonds. The van der Waals surface area contributed by atoms with Crippen molar-refractivity contribution in [3.63, 3.8) is 0 Å². The van der Waals surface area contributed by atoms with Crippen LogP contribution < -0.4 is 14.8 Å². The van der Waals surface area contributed by atoms with Crippen molar-refractivity contribution in [1.29, 1.82) is 5.26 Å². The molecule has 0 aliphatic rings. The van der Waals surface area contributed by atoms with Gasteiger partial charge in [-0.1, -0.05) is 54.1 Å². The normalized spacial score (nSPS) is 10.9. The van der Waals surface area contributed by atoms with Crippen LogP contribution >= 0.6 is 11.6 Å². The first kappa shape index (κ1) is 23.6. The van der Waals surface area contributed by atoms with Crippen LogP contribution in [0.15, 0.2) is 90.5 Å². The minimum atomic E-state index is -0.583. The maximum absolute atomic E-state index is 13.0. The van der Waals surface area contributed by atoms with E-state index in [-0.39, 0.29) is 11.3 Å². The number of halogens is 1. The van der Waals surface area contributed by atoms with Crippen LogP contribution in [0.5, 0.6) is 11.5 Å². The third-order valence-electron chi connectivity index (χ3n) is 5.18. The van der Waals surface area contributed by atoms with Crippen LogP contribution in [-0.4, -0.2) is 19.0 Å². The smallest absolute Gasteiger partial charge is 0.344 e. The molecule has 0 saturated carbocycles. The summed E-state index contributed by atoms with van der Waals surface area (Å²) in [5.74, 6) is -0.642. The highest BCUT2D eigenvalue weighted by atomic mass is 35.5. The Bertz CT molecular complexity index is 1480. The standard InChI is InChI=1S/C28H19ClN2O4/c1-34-25-14-9-18(15-20(17-30)27(32)31-22-12-10-21(29)11-13-22)16-26(25)35-28(33)24-8-4-6-19-5-2-3-7-23(19)24/h2-16H,1H3,(H,31,32)/b20-15+. The Balaban J connectivity index is 1.60. The van der Waals surface area contributed by atoms with Crippen LogP contribution in [0.25, 0.3) is 16.8 Å². The summed E-state index contributed by atoms with van der Waals surface area (Å²) in [6.45, 7) is 0. The first-order valence-electron chi connectivity index (χ1n) is 10.5. The number of fused-ring (bicyclic) bond motifs is 1. The number of methoxy groups -OCH3 is 1. The van der Waals surface area contributed by atoms with Crippen molar-refractivity contribution >= 4 is 46.0 Å². The number of ether oxygens (including phenoxy) is 2. The molecule has 0 unspecified atom stereocenters. The molecule has 0 atom stereocenters. The number of carbonyl (C=O) groups is 2. The number of hydrogen-bond donors (Lipinski definition) is 1. The van der Waals surface area contributed by atoms with Crippen molar-refractivity contribution in [2.24, 2.45) is 0 Å². The van der Waals surface area contributed by atoms with Crippen molar-refractivity contribution in [2.45, 2.75) is 0 Å². The van der Waals surface area contributed by atoms with Gasteiger partial charge < -0.3 is 14.8 Å². The highest BCUT2D eigenvalue weighted by molar-refractivity contribution is 6.30. The average molecular weight is 483 g/mol. The van der Waals surface area contributed by atoms with Crippen LogP contribution in [0.1, 0.15) is 15.9 Å². The van der Waals surface area contributed by atoms with E-state index in [1.807, 2.05) is 36.4 Å². The molecule has 7 heteroatoms. The Kier molecular flexibility index (Phi) is 7.10. The molecule has 0 saturated heterocycles. The number of nitrogens with zero attached hydrogens (tertiary/aromatic N) is 1. The van der Waals surface area contributed by atoms with Crippen molar-refractivity contribution in [3.05, 3.63) is 107 Å². The van der Waals surface area contributed by atoms with Gasteiger partial charge in [-0.25, -0.2) is 4.79 Å². The fourth-order valence-corrected chi connectivity index (χ4v) is 3.59. The Morgan fingerprint density at radius 3 is 2.43 bits per heavy atom. The van der Waals surface area contributed by atoms with Crippen LogP contribution in [0.4, 0.5) is 5.69 Å². The monoisotopic (exact) mass is 482 g/mol. The highest BCUT2D eigenvalue weighted by Gasteiger charge is 2.16. The second-order valence-electron chi connectivity index (χ2n) is 7.46. The number of nitrogens with one attached hydrogen (secondary N) is 1. The summed E-state index contributed by atoms with van der Waals surface area (Å²) in [6.07, 6.45) is 1.40. The SMILES string of the molecule is COc1ccc(/C=C(\C#N)C(=O)Nc2ccc(Cl)cc2)cc1OC(=O)c1cccc2ccccc12. The molecule has 0 heterocycles. The van der Waals surface area contributed by atoms with Crippen molar-refractivity contribution in [2.75, 3.05) is 12.4 Å². The number of benzene rings is 4. The highest BCUT2D eigenvalue weighted by Crippen LogP contribution is 2.31. The van der Waals surface area contributed by atoms with Crippen molar-refractivity contribution < 1.29 is 19.1 Å². The van der Waals surface area contributed by atoms with Gasteiger partial charge in [-0.2, -0.15) is 5.26 Å². The lowest BCUT2D eigenvalue weighted by atomic mass is 10.0. The molecular weight excluding hydrogens is 464 g/mol. The zero-order valence-electron chi connectivity index (χ0n) is 18.6. The molecule has 0 aliphatic heterocycles. The third-order valence-corrected chi connectivity index (χ3v) is 5.43. The lowest BCUT2D eigenvalue weighted by Crippen LogP contribution is -2.13. The van der Waals surface area contributed by atoms with E-state index < -0.39 is 11.9 Å². The predicted octanol–water partition coefficient (Wildman–Crippen LogP) is 6.27. The molecule has 4 aromatic rings. The molecule has 4 rings (SSSR count). The summed E-state index contributed by atoms with van der Waals surface area (Å²) in [4.78, 5) is 25.6. The Morgan fingerprint density at radius 2 is 1.69 bits per heavy atom. The second kappa shape index (κ2) is 10.6. The van der Waals surface area contributed by atoms with E-state index in [1.54, 1.807) is 48.5 Å². The van der Waals surface area contributed by atoms with Gasteiger partial charge in [-0.15, -0.1) is 0 Å². The molecular formula is C28H19ClN2O4. The number of hydrogen-bond acceptors (Lipinski definition) is 5. The van der Waals surface area contributed by atoms with Crippen molar-refractivity contribution in [1.82, 2.24) is 0 Å². The summed E-state index contributed by atoms with van der Waals surface area (Å²) >= 11 is 5.87. The first-order valence-corrected chi connectivity index (χ1v) is 10.9. The molecule has 0 fully saturated rings. The Labute approximate surface area is 207 Å². The van der Waals surface area contributed by atoms with Crippen LogP contribution in [0, 0.1) is 11.3 Å². The van der Waals surface area contributed by atoms with Gasteiger partial charge in [0, 0.05) is 10.7 Å². The number of nitriles is 1. The zero-order valence-corrected chi connectivity index (χ0v) is 19.4. The minimum Gasteiger partial charge on any atom is -0.493 e. The van der Waals surface area contributed by atoms with E-state index >= 15 is 0 Å². The zero-order chi connectivity index (χ0) is 24.8. The molecule has 1 N–H and O–H groups in total. The third kappa shape index (κ3) is 5.49. The van der Waals surface area contributed by atoms with Gasteiger partial charge in [-0.3, -0.25) is 4.79 Å². The number of anilines is 1. The molecule has 0 radical (unpaired) electrons. The topological polar surface area (TPSA) is 88.4 Å². The van der Waals surface area contributed by atoms with E-state index in [1.165, 1.54) is 19.3 Å². The maximum atomic E-state index is 13.0. The largest absolute Gasteiger partial charge is 0.493 e. The van der Waals surface area contributed by atoms with Gasteiger partial charge in [0.1, 0.15) is 11.6 Å².